The molecule has 0 amide bonds. The van der Waals surface area contributed by atoms with Crippen LogP contribution in [0.4, 0.5) is 20.4 Å². The van der Waals surface area contributed by atoms with Gasteiger partial charge >= 0.3 is 0 Å². The number of nitrogens with zero attached hydrogens (tertiary/aromatic N) is 4. The third kappa shape index (κ3) is 5.23. The SMILES string of the molecule is CC(C)c1nc(-c2cnc(NS(=O)(=O)c3ccccc3F)c(F)c2)c2c(N)ncc(C3=CC[C@H](NC4COC4)CC3)n12. The lowest BCUT2D eigenvalue weighted by atomic mass is 9.92. The van der Waals surface area contributed by atoms with Crippen LogP contribution in [-0.2, 0) is 14.8 Å². The minimum absolute atomic E-state index is 0.00585. The highest BCUT2D eigenvalue weighted by Crippen LogP contribution is 2.36. The van der Waals surface area contributed by atoms with Crippen LogP contribution in [0, 0.1) is 11.6 Å². The molecule has 1 fully saturated rings. The predicted octanol–water partition coefficient (Wildman–Crippen LogP) is 4.50. The van der Waals surface area contributed by atoms with Gasteiger partial charge in [-0.25, -0.2) is 32.2 Å². The molecule has 220 valence electrons. The van der Waals surface area contributed by atoms with Gasteiger partial charge in [-0.1, -0.05) is 32.1 Å². The first-order valence-electron chi connectivity index (χ1n) is 13.8. The molecule has 2 aliphatic rings. The van der Waals surface area contributed by atoms with E-state index < -0.39 is 32.4 Å². The highest BCUT2D eigenvalue weighted by Gasteiger charge is 2.27. The number of ether oxygens (including phenoxy) is 1. The Kier molecular flexibility index (Phi) is 7.41. The zero-order valence-corrected chi connectivity index (χ0v) is 24.0. The number of fused-ring (bicyclic) bond motifs is 1. The molecule has 3 aromatic heterocycles. The molecule has 1 saturated heterocycles. The van der Waals surface area contributed by atoms with Gasteiger partial charge in [0.2, 0.25) is 0 Å². The van der Waals surface area contributed by atoms with E-state index in [-0.39, 0.29) is 11.7 Å². The molecule has 4 heterocycles. The van der Waals surface area contributed by atoms with Gasteiger partial charge < -0.3 is 15.8 Å². The Hall–Kier alpha value is -3.94. The maximum atomic E-state index is 15.3. The van der Waals surface area contributed by atoms with E-state index in [1.165, 1.54) is 18.3 Å². The van der Waals surface area contributed by atoms with Crippen molar-refractivity contribution in [3.05, 3.63) is 72.0 Å². The first-order chi connectivity index (χ1) is 20.1. The van der Waals surface area contributed by atoms with Crippen LogP contribution in [-0.4, -0.2) is 53.1 Å². The van der Waals surface area contributed by atoms with Crippen molar-refractivity contribution in [3.8, 4) is 11.3 Å². The fraction of sp³-hybridized carbons (Fsp3) is 0.345. The summed E-state index contributed by atoms with van der Waals surface area (Å²) in [6.45, 7) is 5.51. The first-order valence-corrected chi connectivity index (χ1v) is 15.2. The van der Waals surface area contributed by atoms with E-state index in [2.05, 4.69) is 21.4 Å². The largest absolute Gasteiger partial charge is 0.382 e. The molecular formula is C29H31F2N7O3S. The van der Waals surface area contributed by atoms with Crippen molar-refractivity contribution in [1.82, 2.24) is 24.7 Å². The molecule has 1 aliphatic heterocycles. The normalized spacial score (nSPS) is 17.8. The van der Waals surface area contributed by atoms with Crippen molar-refractivity contribution >= 4 is 32.7 Å². The first kappa shape index (κ1) is 28.2. The number of nitrogens with two attached hydrogens (primary N) is 1. The fourth-order valence-electron chi connectivity index (χ4n) is 5.35. The van der Waals surface area contributed by atoms with Gasteiger partial charge in [0.1, 0.15) is 33.6 Å². The number of benzene rings is 1. The van der Waals surface area contributed by atoms with Crippen LogP contribution in [0.1, 0.15) is 50.5 Å². The maximum absolute atomic E-state index is 15.3. The van der Waals surface area contributed by atoms with Crippen molar-refractivity contribution in [2.75, 3.05) is 23.7 Å². The minimum Gasteiger partial charge on any atom is -0.382 e. The molecule has 42 heavy (non-hydrogen) atoms. The minimum atomic E-state index is -4.41. The van der Waals surface area contributed by atoms with E-state index in [4.69, 9.17) is 15.5 Å². The van der Waals surface area contributed by atoms with E-state index in [1.54, 1.807) is 6.20 Å². The lowest BCUT2D eigenvalue weighted by molar-refractivity contribution is -0.0103. The number of rotatable bonds is 8. The number of halogens is 2. The van der Waals surface area contributed by atoms with Crippen LogP contribution in [0.5, 0.6) is 0 Å². The number of sulfonamides is 1. The number of pyridine rings is 1. The smallest absolute Gasteiger partial charge is 0.266 e. The van der Waals surface area contributed by atoms with Gasteiger partial charge in [-0.3, -0.25) is 9.12 Å². The Morgan fingerprint density at radius 2 is 1.88 bits per heavy atom. The van der Waals surface area contributed by atoms with Crippen LogP contribution in [0.3, 0.4) is 0 Å². The van der Waals surface area contributed by atoms with Gasteiger partial charge in [-0.05, 0) is 43.0 Å². The number of aromatic nitrogens is 4. The van der Waals surface area contributed by atoms with Crippen molar-refractivity contribution < 1.29 is 21.9 Å². The summed E-state index contributed by atoms with van der Waals surface area (Å²) >= 11 is 0. The summed E-state index contributed by atoms with van der Waals surface area (Å²) in [5.74, 6) is -1.54. The molecular weight excluding hydrogens is 564 g/mol. The van der Waals surface area contributed by atoms with Crippen LogP contribution >= 0.6 is 0 Å². The van der Waals surface area contributed by atoms with Crippen LogP contribution < -0.4 is 15.8 Å². The van der Waals surface area contributed by atoms with E-state index >= 15 is 4.39 Å². The average Bonchev–Trinajstić information content (AvgIpc) is 3.35. The van der Waals surface area contributed by atoms with Crippen LogP contribution in [0.25, 0.3) is 22.3 Å². The second-order valence-corrected chi connectivity index (χ2v) is 12.5. The molecule has 1 aromatic carbocycles. The van der Waals surface area contributed by atoms with E-state index in [9.17, 15) is 12.8 Å². The summed E-state index contributed by atoms with van der Waals surface area (Å²) in [6.07, 6.45) is 7.94. The quantitative estimate of drug-likeness (QED) is 0.271. The molecule has 1 atom stereocenters. The Labute approximate surface area is 242 Å². The zero-order chi connectivity index (χ0) is 29.6. The van der Waals surface area contributed by atoms with Crippen molar-refractivity contribution in [2.24, 2.45) is 0 Å². The van der Waals surface area contributed by atoms with Gasteiger partial charge in [0.25, 0.3) is 10.0 Å². The van der Waals surface area contributed by atoms with Crippen LogP contribution in [0.2, 0.25) is 0 Å². The third-order valence-corrected chi connectivity index (χ3v) is 8.92. The lowest BCUT2D eigenvalue weighted by Gasteiger charge is -2.33. The zero-order valence-electron chi connectivity index (χ0n) is 23.1. The second-order valence-electron chi connectivity index (χ2n) is 10.9. The summed E-state index contributed by atoms with van der Waals surface area (Å²) in [6, 6.07) is 6.75. The molecule has 1 aliphatic carbocycles. The van der Waals surface area contributed by atoms with Gasteiger partial charge in [0.15, 0.2) is 11.6 Å². The second kappa shape index (κ2) is 11.0. The molecule has 4 N–H and O–H groups in total. The summed E-state index contributed by atoms with van der Waals surface area (Å²) in [4.78, 5) is 12.7. The Morgan fingerprint density at radius 3 is 2.52 bits per heavy atom. The van der Waals surface area contributed by atoms with E-state index in [1.807, 2.05) is 23.0 Å². The van der Waals surface area contributed by atoms with Crippen LogP contribution in [0.15, 0.2) is 53.7 Å². The summed E-state index contributed by atoms with van der Waals surface area (Å²) < 4.78 is 64.1. The number of hydrogen-bond donors (Lipinski definition) is 3. The highest BCUT2D eigenvalue weighted by molar-refractivity contribution is 7.92. The number of nitrogen functional groups attached to an aromatic ring is 1. The molecule has 4 aromatic rings. The Balaban J connectivity index is 1.36. The maximum Gasteiger partial charge on any atom is 0.266 e. The number of imidazole rings is 1. The Bertz CT molecular complexity index is 1800. The monoisotopic (exact) mass is 595 g/mol. The van der Waals surface area contributed by atoms with Gasteiger partial charge in [0.05, 0.1) is 31.1 Å². The van der Waals surface area contributed by atoms with Gasteiger partial charge in [-0.15, -0.1) is 0 Å². The summed E-state index contributed by atoms with van der Waals surface area (Å²) in [5.41, 5.74) is 9.57. The molecule has 10 nitrogen and oxygen atoms in total. The fourth-order valence-corrected chi connectivity index (χ4v) is 6.45. The topological polar surface area (TPSA) is 137 Å². The lowest BCUT2D eigenvalue weighted by Crippen LogP contribution is -2.50. The molecule has 0 radical (unpaired) electrons. The van der Waals surface area contributed by atoms with Gasteiger partial charge in [-0.2, -0.15) is 0 Å². The molecule has 0 saturated carbocycles. The highest BCUT2D eigenvalue weighted by atomic mass is 32.2. The average molecular weight is 596 g/mol. The summed E-state index contributed by atoms with van der Waals surface area (Å²) in [7, 11) is -4.41. The molecule has 13 heteroatoms. The molecule has 6 rings (SSSR count). The predicted molar refractivity (Wildman–Crippen MR) is 155 cm³/mol. The number of nitrogens with one attached hydrogen (secondary N) is 2. The summed E-state index contributed by atoms with van der Waals surface area (Å²) in [5, 5.41) is 3.64. The number of hydrogen-bond acceptors (Lipinski definition) is 8. The Morgan fingerprint density at radius 1 is 1.10 bits per heavy atom. The van der Waals surface area contributed by atoms with E-state index in [0.29, 0.717) is 28.9 Å². The van der Waals surface area contributed by atoms with E-state index in [0.717, 1.165) is 67.8 Å². The standard InChI is InChI=1S/C29H31F2N7O3S/c1-16(2)29-36-25(18-11-22(31)28(34-12-18)37-42(39,40)24-6-4-3-5-21(24)30)26-27(32)33-13-23(38(26)29)17-7-9-19(10-8-17)35-20-14-41-15-20/h3-7,11-13,16,19-20,35H,8-10,14-15H2,1-2H3,(H2,32,33)(H,34,37)/t19-/m0/s1. The molecule has 0 bridgehead atoms. The number of anilines is 2. The molecule has 0 spiro atoms. The number of allylic oxidation sites excluding steroid dienone is 1. The van der Waals surface area contributed by atoms with Crippen molar-refractivity contribution in [2.45, 2.75) is 56.0 Å². The van der Waals surface area contributed by atoms with Crippen molar-refractivity contribution in [1.29, 1.82) is 0 Å². The van der Waals surface area contributed by atoms with Gasteiger partial charge in [0, 0.05) is 23.7 Å². The van der Waals surface area contributed by atoms with Crippen molar-refractivity contribution in [3.63, 3.8) is 0 Å². The third-order valence-electron chi connectivity index (χ3n) is 7.55. The molecule has 0 unspecified atom stereocenters.